The molecular formula is C14H14N4O. The smallest absolute Gasteiger partial charge is 0.192 e. The third kappa shape index (κ3) is 2.20. The zero-order valence-electron chi connectivity index (χ0n) is 10.6. The van der Waals surface area contributed by atoms with Crippen molar-refractivity contribution in [3.63, 3.8) is 0 Å². The number of aromatic nitrogens is 3. The molecule has 0 aliphatic carbocycles. The molecule has 1 atom stereocenters. The van der Waals surface area contributed by atoms with Gasteiger partial charge in [0.2, 0.25) is 0 Å². The molecule has 0 aliphatic heterocycles. The molecule has 0 amide bonds. The van der Waals surface area contributed by atoms with E-state index in [1.807, 2.05) is 25.1 Å². The first-order chi connectivity index (χ1) is 9.28. The normalized spacial score (nSPS) is 12.7. The molecule has 3 rings (SSSR count). The SMILES string of the molecule is Cc1nc2cc(C(CN)c3ncccn3)ccc2o1. The van der Waals surface area contributed by atoms with E-state index in [4.69, 9.17) is 10.2 Å². The van der Waals surface area contributed by atoms with Crippen molar-refractivity contribution in [1.29, 1.82) is 0 Å². The van der Waals surface area contributed by atoms with Crippen LogP contribution in [0.25, 0.3) is 11.1 Å². The molecule has 2 heterocycles. The second kappa shape index (κ2) is 4.78. The van der Waals surface area contributed by atoms with Gasteiger partial charge < -0.3 is 10.2 Å². The van der Waals surface area contributed by atoms with Crippen LogP contribution < -0.4 is 5.73 Å². The topological polar surface area (TPSA) is 77.8 Å². The predicted molar refractivity (Wildman–Crippen MR) is 71.7 cm³/mol. The molecule has 2 N–H and O–H groups in total. The molecular weight excluding hydrogens is 240 g/mol. The molecule has 0 radical (unpaired) electrons. The zero-order chi connectivity index (χ0) is 13.2. The lowest BCUT2D eigenvalue weighted by atomic mass is 9.98. The summed E-state index contributed by atoms with van der Waals surface area (Å²) in [7, 11) is 0. The van der Waals surface area contributed by atoms with Gasteiger partial charge in [0.15, 0.2) is 11.5 Å². The average Bonchev–Trinajstić information content (AvgIpc) is 2.80. The van der Waals surface area contributed by atoms with E-state index < -0.39 is 0 Å². The second-order valence-corrected chi connectivity index (χ2v) is 4.36. The summed E-state index contributed by atoms with van der Waals surface area (Å²) < 4.78 is 5.47. The highest BCUT2D eigenvalue weighted by molar-refractivity contribution is 5.73. The fraction of sp³-hybridized carbons (Fsp3) is 0.214. The Morgan fingerprint density at radius 1 is 1.26 bits per heavy atom. The number of fused-ring (bicyclic) bond motifs is 1. The Kier molecular flexibility index (Phi) is 2.97. The molecule has 2 aromatic heterocycles. The van der Waals surface area contributed by atoms with E-state index in [1.54, 1.807) is 18.5 Å². The van der Waals surface area contributed by atoms with E-state index >= 15 is 0 Å². The van der Waals surface area contributed by atoms with E-state index in [-0.39, 0.29) is 5.92 Å². The number of oxazole rings is 1. The van der Waals surface area contributed by atoms with E-state index in [0.717, 1.165) is 22.5 Å². The first-order valence-corrected chi connectivity index (χ1v) is 6.12. The Morgan fingerprint density at radius 2 is 2.05 bits per heavy atom. The number of rotatable bonds is 3. The van der Waals surface area contributed by atoms with Crippen molar-refractivity contribution in [2.75, 3.05) is 6.54 Å². The van der Waals surface area contributed by atoms with Gasteiger partial charge in [0.1, 0.15) is 11.3 Å². The van der Waals surface area contributed by atoms with Crippen LogP contribution in [0.5, 0.6) is 0 Å². The predicted octanol–water partition coefficient (Wildman–Crippen LogP) is 2.02. The lowest BCUT2D eigenvalue weighted by Crippen LogP contribution is -2.16. The Hall–Kier alpha value is -2.27. The van der Waals surface area contributed by atoms with Gasteiger partial charge in [0.05, 0.1) is 5.92 Å². The van der Waals surface area contributed by atoms with Crippen LogP contribution >= 0.6 is 0 Å². The maximum absolute atomic E-state index is 5.86. The fourth-order valence-electron chi connectivity index (χ4n) is 2.16. The maximum atomic E-state index is 5.86. The minimum absolute atomic E-state index is 0.0254. The van der Waals surface area contributed by atoms with Crippen molar-refractivity contribution in [2.24, 2.45) is 5.73 Å². The first kappa shape index (κ1) is 11.8. The standard InChI is InChI=1S/C14H14N4O/c1-9-18-12-7-10(3-4-13(12)19-9)11(8-15)14-16-5-2-6-17-14/h2-7,11H,8,15H2,1H3. The van der Waals surface area contributed by atoms with Crippen LogP contribution in [0.1, 0.15) is 23.2 Å². The highest BCUT2D eigenvalue weighted by atomic mass is 16.3. The van der Waals surface area contributed by atoms with E-state index in [2.05, 4.69) is 15.0 Å². The number of nitrogens with zero attached hydrogens (tertiary/aromatic N) is 3. The van der Waals surface area contributed by atoms with Crippen molar-refractivity contribution < 1.29 is 4.42 Å². The fourth-order valence-corrected chi connectivity index (χ4v) is 2.16. The average molecular weight is 254 g/mol. The lowest BCUT2D eigenvalue weighted by Gasteiger charge is -2.13. The quantitative estimate of drug-likeness (QED) is 0.773. The minimum atomic E-state index is -0.0254. The van der Waals surface area contributed by atoms with Gasteiger partial charge in [0, 0.05) is 25.9 Å². The molecule has 0 bridgehead atoms. The molecule has 96 valence electrons. The number of hydrogen-bond donors (Lipinski definition) is 1. The number of nitrogens with two attached hydrogens (primary N) is 1. The van der Waals surface area contributed by atoms with E-state index in [0.29, 0.717) is 12.4 Å². The summed E-state index contributed by atoms with van der Waals surface area (Å²) in [5.41, 5.74) is 8.53. The number of hydrogen-bond acceptors (Lipinski definition) is 5. The van der Waals surface area contributed by atoms with Gasteiger partial charge in [-0.25, -0.2) is 15.0 Å². The molecule has 19 heavy (non-hydrogen) atoms. The second-order valence-electron chi connectivity index (χ2n) is 4.36. The highest BCUT2D eigenvalue weighted by Gasteiger charge is 2.16. The van der Waals surface area contributed by atoms with Crippen LogP contribution in [0.15, 0.2) is 41.1 Å². The molecule has 3 aromatic rings. The van der Waals surface area contributed by atoms with Gasteiger partial charge >= 0.3 is 0 Å². The molecule has 5 nitrogen and oxygen atoms in total. The van der Waals surface area contributed by atoms with Gasteiger partial charge in [-0.05, 0) is 23.8 Å². The van der Waals surface area contributed by atoms with Gasteiger partial charge in [-0.1, -0.05) is 6.07 Å². The van der Waals surface area contributed by atoms with Gasteiger partial charge in [-0.3, -0.25) is 0 Å². The monoisotopic (exact) mass is 254 g/mol. The van der Waals surface area contributed by atoms with Crippen LogP contribution in [-0.2, 0) is 0 Å². The van der Waals surface area contributed by atoms with Crippen molar-refractivity contribution in [3.8, 4) is 0 Å². The van der Waals surface area contributed by atoms with Crippen molar-refractivity contribution in [3.05, 3.63) is 53.9 Å². The zero-order valence-corrected chi connectivity index (χ0v) is 10.6. The Bertz CT molecular complexity index is 693. The molecule has 1 aromatic carbocycles. The van der Waals surface area contributed by atoms with E-state index in [1.165, 1.54) is 0 Å². The number of benzene rings is 1. The summed E-state index contributed by atoms with van der Waals surface area (Å²) >= 11 is 0. The molecule has 0 aliphatic rings. The lowest BCUT2D eigenvalue weighted by molar-refractivity contribution is 0.561. The van der Waals surface area contributed by atoms with Crippen LogP contribution in [0.4, 0.5) is 0 Å². The molecule has 0 saturated carbocycles. The molecule has 0 spiro atoms. The van der Waals surface area contributed by atoms with Crippen LogP contribution in [0.2, 0.25) is 0 Å². The summed E-state index contributed by atoms with van der Waals surface area (Å²) in [6.45, 7) is 2.28. The third-order valence-electron chi connectivity index (χ3n) is 3.05. The molecule has 5 heteroatoms. The van der Waals surface area contributed by atoms with Crippen LogP contribution in [0, 0.1) is 6.92 Å². The summed E-state index contributed by atoms with van der Waals surface area (Å²) in [5, 5.41) is 0. The van der Waals surface area contributed by atoms with Crippen LogP contribution in [0.3, 0.4) is 0 Å². The summed E-state index contributed by atoms with van der Waals surface area (Å²) in [4.78, 5) is 12.9. The largest absolute Gasteiger partial charge is 0.441 e. The van der Waals surface area contributed by atoms with Crippen molar-refractivity contribution in [2.45, 2.75) is 12.8 Å². The third-order valence-corrected chi connectivity index (χ3v) is 3.05. The molecule has 0 saturated heterocycles. The Balaban J connectivity index is 2.06. The summed E-state index contributed by atoms with van der Waals surface area (Å²) in [6.07, 6.45) is 3.45. The first-order valence-electron chi connectivity index (χ1n) is 6.12. The van der Waals surface area contributed by atoms with Crippen molar-refractivity contribution in [1.82, 2.24) is 15.0 Å². The van der Waals surface area contributed by atoms with Gasteiger partial charge in [0.25, 0.3) is 0 Å². The van der Waals surface area contributed by atoms with Gasteiger partial charge in [-0.2, -0.15) is 0 Å². The Labute approximate surface area is 110 Å². The minimum Gasteiger partial charge on any atom is -0.441 e. The molecule has 1 unspecified atom stereocenters. The van der Waals surface area contributed by atoms with Crippen LogP contribution in [-0.4, -0.2) is 21.5 Å². The Morgan fingerprint density at radius 3 is 2.79 bits per heavy atom. The maximum Gasteiger partial charge on any atom is 0.192 e. The molecule has 0 fully saturated rings. The summed E-state index contributed by atoms with van der Waals surface area (Å²) in [6, 6.07) is 7.68. The highest BCUT2D eigenvalue weighted by Crippen LogP contribution is 2.24. The number of aryl methyl sites for hydroxylation is 1. The summed E-state index contributed by atoms with van der Waals surface area (Å²) in [5.74, 6) is 1.36. The van der Waals surface area contributed by atoms with Gasteiger partial charge in [-0.15, -0.1) is 0 Å². The van der Waals surface area contributed by atoms with E-state index in [9.17, 15) is 0 Å². The van der Waals surface area contributed by atoms with Crippen molar-refractivity contribution >= 4 is 11.1 Å².